The third-order valence-electron chi connectivity index (χ3n) is 5.45. The van der Waals surface area contributed by atoms with E-state index >= 15 is 0 Å². The summed E-state index contributed by atoms with van der Waals surface area (Å²) in [5.74, 6) is -0.359. The van der Waals surface area contributed by atoms with Crippen LogP contribution in [-0.2, 0) is 13.0 Å². The van der Waals surface area contributed by atoms with Crippen molar-refractivity contribution >= 4 is 23.2 Å². The number of pyridine rings is 1. The number of nitrogens with zero attached hydrogens (tertiary/aromatic N) is 1. The highest BCUT2D eigenvalue weighted by Crippen LogP contribution is 2.21. The lowest BCUT2D eigenvalue weighted by Gasteiger charge is -2.20. The van der Waals surface area contributed by atoms with Crippen LogP contribution in [0.25, 0.3) is 0 Å². The Morgan fingerprint density at radius 3 is 2.43 bits per heavy atom. The molecule has 3 rings (SSSR count). The number of carbonyl (C=O) groups excluding carboxylic acids is 1. The number of nitrogens with one attached hydrogen (secondary N) is 1. The van der Waals surface area contributed by atoms with E-state index in [1.807, 2.05) is 70.2 Å². The summed E-state index contributed by atoms with van der Waals surface area (Å²) in [7, 11) is 0. The molecule has 1 N–H and O–H groups in total. The van der Waals surface area contributed by atoms with Gasteiger partial charge in [0.05, 0.1) is 0 Å². The Morgan fingerprint density at radius 2 is 1.77 bits per heavy atom. The van der Waals surface area contributed by atoms with Gasteiger partial charge in [-0.1, -0.05) is 49.2 Å². The van der Waals surface area contributed by atoms with Crippen LogP contribution in [0, 0.1) is 20.8 Å². The minimum absolute atomic E-state index is 0.220. The van der Waals surface area contributed by atoms with Gasteiger partial charge in [0.25, 0.3) is 5.91 Å². The molecule has 0 spiro atoms. The number of carbonyl (C=O) groups is 1. The Labute approximate surface area is 182 Å². The molecule has 0 aliphatic rings. The van der Waals surface area contributed by atoms with Gasteiger partial charge in [0.2, 0.25) is 0 Å². The second kappa shape index (κ2) is 9.31. The van der Waals surface area contributed by atoms with E-state index in [1.165, 1.54) is 0 Å². The summed E-state index contributed by atoms with van der Waals surface area (Å²) in [6.07, 6.45) is 1.47. The van der Waals surface area contributed by atoms with Crippen molar-refractivity contribution in [2.24, 2.45) is 0 Å². The molecule has 0 saturated carbocycles. The number of anilines is 1. The van der Waals surface area contributed by atoms with Crippen LogP contribution >= 0.6 is 11.6 Å². The van der Waals surface area contributed by atoms with Crippen LogP contribution < -0.4 is 10.7 Å². The van der Waals surface area contributed by atoms with Crippen LogP contribution in [0.5, 0.6) is 0 Å². The molecule has 0 aliphatic heterocycles. The van der Waals surface area contributed by atoms with Gasteiger partial charge >= 0.3 is 0 Å². The van der Waals surface area contributed by atoms with Crippen LogP contribution in [0.3, 0.4) is 0 Å². The van der Waals surface area contributed by atoms with Crippen LogP contribution in [0.4, 0.5) is 5.69 Å². The van der Waals surface area contributed by atoms with Crippen molar-refractivity contribution in [2.75, 3.05) is 5.32 Å². The van der Waals surface area contributed by atoms with Gasteiger partial charge in [-0.3, -0.25) is 9.59 Å². The molecule has 0 atom stereocenters. The van der Waals surface area contributed by atoms with Crippen molar-refractivity contribution in [1.82, 2.24) is 4.57 Å². The first-order valence-corrected chi connectivity index (χ1v) is 10.5. The van der Waals surface area contributed by atoms with Gasteiger partial charge in [0, 0.05) is 34.7 Å². The van der Waals surface area contributed by atoms with Gasteiger partial charge < -0.3 is 9.88 Å². The van der Waals surface area contributed by atoms with E-state index < -0.39 is 0 Å². The van der Waals surface area contributed by atoms with E-state index in [-0.39, 0.29) is 16.9 Å². The predicted molar refractivity (Wildman–Crippen MR) is 124 cm³/mol. The SMILES string of the molecule is CCCc1c(C(=O)Nc2cccc(C)c2C)c(=O)cc(C)n1Cc1ccc(Cl)cc1. The van der Waals surface area contributed by atoms with Crippen LogP contribution in [0.1, 0.15) is 51.8 Å². The molecule has 30 heavy (non-hydrogen) atoms. The van der Waals surface area contributed by atoms with Crippen molar-refractivity contribution in [2.45, 2.75) is 47.1 Å². The molecule has 0 bridgehead atoms. The Balaban J connectivity index is 2.06. The second-order valence-corrected chi connectivity index (χ2v) is 8.07. The van der Waals surface area contributed by atoms with Crippen LogP contribution in [0.15, 0.2) is 53.3 Å². The molecule has 0 radical (unpaired) electrons. The topological polar surface area (TPSA) is 51.1 Å². The molecule has 5 heteroatoms. The van der Waals surface area contributed by atoms with Gasteiger partial charge in [0.15, 0.2) is 5.43 Å². The molecular formula is C25H27ClN2O2. The third-order valence-corrected chi connectivity index (χ3v) is 5.70. The highest BCUT2D eigenvalue weighted by molar-refractivity contribution is 6.30. The van der Waals surface area contributed by atoms with Crippen molar-refractivity contribution in [3.05, 3.63) is 97.4 Å². The Morgan fingerprint density at radius 1 is 1.07 bits per heavy atom. The summed E-state index contributed by atoms with van der Waals surface area (Å²) in [4.78, 5) is 26.1. The monoisotopic (exact) mass is 422 g/mol. The average molecular weight is 423 g/mol. The quantitative estimate of drug-likeness (QED) is 0.555. The zero-order chi connectivity index (χ0) is 21.8. The number of benzene rings is 2. The normalized spacial score (nSPS) is 10.8. The summed E-state index contributed by atoms with van der Waals surface area (Å²) in [6.45, 7) is 8.49. The highest BCUT2D eigenvalue weighted by Gasteiger charge is 2.20. The zero-order valence-corrected chi connectivity index (χ0v) is 18.6. The second-order valence-electron chi connectivity index (χ2n) is 7.64. The Bertz CT molecular complexity index is 1130. The van der Waals surface area contributed by atoms with E-state index in [0.29, 0.717) is 18.0 Å². The molecule has 1 amide bonds. The van der Waals surface area contributed by atoms with Crippen molar-refractivity contribution in [3.8, 4) is 0 Å². The Kier molecular flexibility index (Phi) is 6.78. The summed E-state index contributed by atoms with van der Waals surface area (Å²) in [5, 5.41) is 3.63. The predicted octanol–water partition coefficient (Wildman–Crippen LogP) is 5.68. The van der Waals surface area contributed by atoms with E-state index in [9.17, 15) is 9.59 Å². The fraction of sp³-hybridized carbons (Fsp3) is 0.280. The number of aromatic nitrogens is 1. The molecule has 0 saturated heterocycles. The summed E-state index contributed by atoms with van der Waals surface area (Å²) >= 11 is 6.01. The fourth-order valence-electron chi connectivity index (χ4n) is 3.63. The fourth-order valence-corrected chi connectivity index (χ4v) is 3.76. The molecule has 1 aromatic heterocycles. The molecule has 2 aromatic carbocycles. The van der Waals surface area contributed by atoms with Crippen molar-refractivity contribution < 1.29 is 4.79 Å². The number of hydrogen-bond donors (Lipinski definition) is 1. The largest absolute Gasteiger partial charge is 0.343 e. The summed E-state index contributed by atoms with van der Waals surface area (Å²) in [5.41, 5.74) is 5.45. The zero-order valence-electron chi connectivity index (χ0n) is 17.9. The lowest BCUT2D eigenvalue weighted by Crippen LogP contribution is -2.29. The van der Waals surface area contributed by atoms with Gasteiger partial charge in [-0.05, 0) is 62.1 Å². The molecule has 3 aromatic rings. The van der Waals surface area contributed by atoms with Crippen LogP contribution in [-0.4, -0.2) is 10.5 Å². The third kappa shape index (κ3) is 4.65. The highest BCUT2D eigenvalue weighted by atomic mass is 35.5. The molecule has 0 fully saturated rings. The van der Waals surface area contributed by atoms with E-state index in [1.54, 1.807) is 6.07 Å². The number of hydrogen-bond acceptors (Lipinski definition) is 2. The number of amides is 1. The Hall–Kier alpha value is -2.85. The maximum atomic E-state index is 13.2. The smallest absolute Gasteiger partial charge is 0.261 e. The molecular weight excluding hydrogens is 396 g/mol. The number of rotatable bonds is 6. The average Bonchev–Trinajstić information content (AvgIpc) is 2.70. The molecule has 156 valence electrons. The number of halogens is 1. The van der Waals surface area contributed by atoms with Crippen LogP contribution in [0.2, 0.25) is 5.02 Å². The van der Waals surface area contributed by atoms with Gasteiger partial charge in [-0.2, -0.15) is 0 Å². The molecule has 0 unspecified atom stereocenters. The van der Waals surface area contributed by atoms with E-state index in [0.717, 1.165) is 40.2 Å². The molecule has 0 aliphatic carbocycles. The maximum Gasteiger partial charge on any atom is 0.261 e. The first-order valence-electron chi connectivity index (χ1n) is 10.2. The minimum atomic E-state index is -0.359. The van der Waals surface area contributed by atoms with Gasteiger partial charge in [-0.15, -0.1) is 0 Å². The van der Waals surface area contributed by atoms with Gasteiger partial charge in [-0.25, -0.2) is 0 Å². The summed E-state index contributed by atoms with van der Waals surface area (Å²) < 4.78 is 2.06. The maximum absolute atomic E-state index is 13.2. The van der Waals surface area contributed by atoms with Crippen molar-refractivity contribution in [1.29, 1.82) is 0 Å². The van der Waals surface area contributed by atoms with Gasteiger partial charge in [0.1, 0.15) is 5.56 Å². The van der Waals surface area contributed by atoms with E-state index in [2.05, 4.69) is 9.88 Å². The lowest BCUT2D eigenvalue weighted by molar-refractivity contribution is 0.102. The van der Waals surface area contributed by atoms with E-state index in [4.69, 9.17) is 11.6 Å². The number of aryl methyl sites for hydroxylation is 2. The lowest BCUT2D eigenvalue weighted by atomic mass is 10.0. The first-order chi connectivity index (χ1) is 14.3. The summed E-state index contributed by atoms with van der Waals surface area (Å²) in [6, 6.07) is 14.9. The standard InChI is InChI=1S/C25H27ClN2O2/c1-5-7-22-24(25(30)27-21-9-6-8-16(2)18(21)4)23(29)14-17(3)28(22)15-19-10-12-20(26)13-11-19/h6,8-14H,5,7,15H2,1-4H3,(H,27,30). The minimum Gasteiger partial charge on any atom is -0.343 e. The molecule has 4 nitrogen and oxygen atoms in total. The van der Waals surface area contributed by atoms with Crippen molar-refractivity contribution in [3.63, 3.8) is 0 Å². The first kappa shape index (κ1) is 21.8. The molecule has 1 heterocycles.